The number of carbonyl (C=O) groups excluding carboxylic acids is 1. The van der Waals surface area contributed by atoms with E-state index in [9.17, 15) is 9.59 Å². The molecule has 3 rings (SSSR count). The number of aromatic amines is 1. The van der Waals surface area contributed by atoms with E-state index in [0.29, 0.717) is 16.3 Å². The number of aromatic nitrogens is 3. The summed E-state index contributed by atoms with van der Waals surface area (Å²) in [6.07, 6.45) is 0. The van der Waals surface area contributed by atoms with Crippen molar-refractivity contribution in [2.24, 2.45) is 0 Å². The Morgan fingerprint density at radius 3 is 2.64 bits per heavy atom. The highest BCUT2D eigenvalue weighted by atomic mass is 35.5. The lowest BCUT2D eigenvalue weighted by Gasteiger charge is -2.01. The Hall–Kier alpha value is -2.86. The standard InChI is InChI=1S/C15H11ClN4O2/c16-11-7-4-8-12(9-11)20-15(22)18-14(19-20)17-13(21)10-5-2-1-3-6-10/h1-9H,(H2,17,18,19,21,22). The number of halogens is 1. The highest BCUT2D eigenvalue weighted by molar-refractivity contribution is 6.30. The van der Waals surface area contributed by atoms with E-state index in [2.05, 4.69) is 15.4 Å². The van der Waals surface area contributed by atoms with Gasteiger partial charge in [-0.3, -0.25) is 15.1 Å². The Morgan fingerprint density at radius 2 is 1.91 bits per heavy atom. The molecule has 0 aliphatic rings. The van der Waals surface area contributed by atoms with Gasteiger partial charge in [0, 0.05) is 10.6 Å². The first-order valence-electron chi connectivity index (χ1n) is 6.45. The fraction of sp³-hybridized carbons (Fsp3) is 0. The lowest BCUT2D eigenvalue weighted by Crippen LogP contribution is -2.15. The number of rotatable bonds is 3. The maximum absolute atomic E-state index is 12.0. The van der Waals surface area contributed by atoms with Gasteiger partial charge < -0.3 is 0 Å². The van der Waals surface area contributed by atoms with Crippen molar-refractivity contribution in [3.8, 4) is 5.69 Å². The van der Waals surface area contributed by atoms with E-state index in [-0.39, 0.29) is 11.9 Å². The summed E-state index contributed by atoms with van der Waals surface area (Å²) in [6.45, 7) is 0. The van der Waals surface area contributed by atoms with Crippen LogP contribution in [0.2, 0.25) is 5.02 Å². The van der Waals surface area contributed by atoms with Crippen molar-refractivity contribution < 1.29 is 4.79 Å². The van der Waals surface area contributed by atoms with Crippen molar-refractivity contribution in [1.82, 2.24) is 14.8 Å². The first-order chi connectivity index (χ1) is 10.6. The summed E-state index contributed by atoms with van der Waals surface area (Å²) in [5.74, 6) is -0.286. The molecule has 22 heavy (non-hydrogen) atoms. The second-order valence-corrected chi connectivity index (χ2v) is 4.93. The quantitative estimate of drug-likeness (QED) is 0.779. The van der Waals surface area contributed by atoms with Gasteiger partial charge in [-0.1, -0.05) is 35.9 Å². The molecule has 0 unspecified atom stereocenters. The molecule has 6 nitrogen and oxygen atoms in total. The highest BCUT2D eigenvalue weighted by Crippen LogP contribution is 2.13. The van der Waals surface area contributed by atoms with E-state index in [4.69, 9.17) is 11.6 Å². The van der Waals surface area contributed by atoms with Crippen LogP contribution in [-0.2, 0) is 0 Å². The van der Waals surface area contributed by atoms with Crippen molar-refractivity contribution in [2.75, 3.05) is 5.32 Å². The van der Waals surface area contributed by atoms with Gasteiger partial charge in [-0.2, -0.15) is 4.68 Å². The summed E-state index contributed by atoms with van der Waals surface area (Å²) in [4.78, 5) is 26.4. The maximum Gasteiger partial charge on any atom is 0.349 e. The summed E-state index contributed by atoms with van der Waals surface area (Å²) in [5, 5.41) is 7.08. The summed E-state index contributed by atoms with van der Waals surface area (Å²) >= 11 is 5.90. The van der Waals surface area contributed by atoms with Gasteiger partial charge in [-0.05, 0) is 30.3 Å². The number of benzene rings is 2. The zero-order valence-corrected chi connectivity index (χ0v) is 12.0. The average molecular weight is 315 g/mol. The summed E-state index contributed by atoms with van der Waals surface area (Å²) in [6, 6.07) is 15.4. The van der Waals surface area contributed by atoms with E-state index in [1.807, 2.05) is 6.07 Å². The molecule has 0 aliphatic carbocycles. The number of hydrogen-bond donors (Lipinski definition) is 2. The fourth-order valence-electron chi connectivity index (χ4n) is 1.93. The number of amides is 1. The zero-order valence-electron chi connectivity index (χ0n) is 11.3. The van der Waals surface area contributed by atoms with Crippen LogP contribution >= 0.6 is 11.6 Å². The van der Waals surface area contributed by atoms with Gasteiger partial charge in [0.2, 0.25) is 5.95 Å². The van der Waals surface area contributed by atoms with Gasteiger partial charge in [0.25, 0.3) is 5.91 Å². The average Bonchev–Trinajstić information content (AvgIpc) is 2.88. The monoisotopic (exact) mass is 314 g/mol. The van der Waals surface area contributed by atoms with Crippen LogP contribution in [0.25, 0.3) is 5.69 Å². The number of anilines is 1. The zero-order chi connectivity index (χ0) is 15.5. The molecule has 0 spiro atoms. The predicted octanol–water partition coefficient (Wildman–Crippen LogP) is 2.47. The van der Waals surface area contributed by atoms with Crippen LogP contribution in [0.5, 0.6) is 0 Å². The third-order valence-corrected chi connectivity index (χ3v) is 3.17. The number of nitrogens with one attached hydrogen (secondary N) is 2. The van der Waals surface area contributed by atoms with Crippen LogP contribution in [0, 0.1) is 0 Å². The van der Waals surface area contributed by atoms with Gasteiger partial charge in [0.05, 0.1) is 5.69 Å². The topological polar surface area (TPSA) is 79.8 Å². The minimum absolute atomic E-state index is 0.0684. The Labute approximate surface area is 130 Å². The van der Waals surface area contributed by atoms with Crippen LogP contribution in [0.4, 0.5) is 5.95 Å². The molecule has 7 heteroatoms. The largest absolute Gasteiger partial charge is 0.349 e. The van der Waals surface area contributed by atoms with Crippen LogP contribution < -0.4 is 11.0 Å². The first kappa shape index (κ1) is 14.1. The van der Waals surface area contributed by atoms with Crippen molar-refractivity contribution in [2.45, 2.75) is 0 Å². The number of carbonyl (C=O) groups is 1. The van der Waals surface area contributed by atoms with Crippen LogP contribution in [0.3, 0.4) is 0 Å². The third kappa shape index (κ3) is 2.91. The van der Waals surface area contributed by atoms with E-state index >= 15 is 0 Å². The Balaban J connectivity index is 1.87. The SMILES string of the molecule is O=C(Nc1nn(-c2cccc(Cl)c2)c(=O)[nH]1)c1ccccc1. The molecule has 2 aromatic carbocycles. The van der Waals surface area contributed by atoms with Crippen molar-refractivity contribution in [3.05, 3.63) is 75.7 Å². The lowest BCUT2D eigenvalue weighted by molar-refractivity contribution is 0.102. The number of H-pyrrole nitrogens is 1. The Bertz CT molecular complexity index is 871. The molecule has 1 heterocycles. The van der Waals surface area contributed by atoms with Crippen LogP contribution in [0.15, 0.2) is 59.4 Å². The fourth-order valence-corrected chi connectivity index (χ4v) is 2.12. The van der Waals surface area contributed by atoms with Crippen molar-refractivity contribution in [1.29, 1.82) is 0 Å². The van der Waals surface area contributed by atoms with Crippen LogP contribution in [0.1, 0.15) is 10.4 Å². The highest BCUT2D eigenvalue weighted by Gasteiger charge is 2.11. The molecule has 110 valence electrons. The molecule has 3 aromatic rings. The Morgan fingerprint density at radius 1 is 1.14 bits per heavy atom. The smallest absolute Gasteiger partial charge is 0.291 e. The molecule has 0 saturated heterocycles. The van der Waals surface area contributed by atoms with Gasteiger partial charge in [-0.15, -0.1) is 5.10 Å². The summed E-state index contributed by atoms with van der Waals surface area (Å²) < 4.78 is 1.13. The van der Waals surface area contributed by atoms with E-state index in [1.165, 1.54) is 0 Å². The molecular formula is C15H11ClN4O2. The molecule has 0 radical (unpaired) electrons. The van der Waals surface area contributed by atoms with Gasteiger partial charge >= 0.3 is 5.69 Å². The number of nitrogens with zero attached hydrogens (tertiary/aromatic N) is 2. The normalized spacial score (nSPS) is 10.4. The molecule has 1 aromatic heterocycles. The van der Waals surface area contributed by atoms with Crippen LogP contribution in [-0.4, -0.2) is 20.7 Å². The molecule has 2 N–H and O–H groups in total. The lowest BCUT2D eigenvalue weighted by atomic mass is 10.2. The molecule has 0 atom stereocenters. The molecule has 0 fully saturated rings. The van der Waals surface area contributed by atoms with Gasteiger partial charge in [-0.25, -0.2) is 4.79 Å². The Kier molecular flexibility index (Phi) is 3.76. The maximum atomic E-state index is 12.0. The van der Waals surface area contributed by atoms with Gasteiger partial charge in [0.1, 0.15) is 0 Å². The first-order valence-corrected chi connectivity index (χ1v) is 6.83. The van der Waals surface area contributed by atoms with E-state index in [0.717, 1.165) is 4.68 Å². The van der Waals surface area contributed by atoms with Crippen molar-refractivity contribution >= 4 is 23.5 Å². The minimum atomic E-state index is -0.467. The van der Waals surface area contributed by atoms with E-state index in [1.54, 1.807) is 48.5 Å². The molecular weight excluding hydrogens is 304 g/mol. The molecule has 0 aliphatic heterocycles. The predicted molar refractivity (Wildman–Crippen MR) is 83.6 cm³/mol. The third-order valence-electron chi connectivity index (χ3n) is 2.94. The minimum Gasteiger partial charge on any atom is -0.291 e. The molecule has 0 saturated carbocycles. The van der Waals surface area contributed by atoms with E-state index < -0.39 is 5.69 Å². The second-order valence-electron chi connectivity index (χ2n) is 4.49. The molecule has 1 amide bonds. The molecule has 0 bridgehead atoms. The van der Waals surface area contributed by atoms with Gasteiger partial charge in [0.15, 0.2) is 0 Å². The summed E-state index contributed by atoms with van der Waals surface area (Å²) in [5.41, 5.74) is 0.514. The second kappa shape index (κ2) is 5.87. The van der Waals surface area contributed by atoms with Crippen molar-refractivity contribution in [3.63, 3.8) is 0 Å². The number of hydrogen-bond acceptors (Lipinski definition) is 3. The summed E-state index contributed by atoms with van der Waals surface area (Å²) in [7, 11) is 0.